The number of nitrogens with one attached hydrogen (secondary N) is 1. The van der Waals surface area contributed by atoms with Gasteiger partial charge in [-0.25, -0.2) is 0 Å². The van der Waals surface area contributed by atoms with Crippen LogP contribution in [0.3, 0.4) is 0 Å². The van der Waals surface area contributed by atoms with E-state index < -0.39 is 17.6 Å². The summed E-state index contributed by atoms with van der Waals surface area (Å²) in [5, 5.41) is 24.4. The van der Waals surface area contributed by atoms with Crippen LogP contribution >= 0.6 is 0 Å². The predicted molar refractivity (Wildman–Crippen MR) is 116 cm³/mol. The fourth-order valence-corrected chi connectivity index (χ4v) is 5.81. The van der Waals surface area contributed by atoms with E-state index in [1.807, 2.05) is 42.5 Å². The first kappa shape index (κ1) is 22.2. The second-order valence-corrected chi connectivity index (χ2v) is 9.80. The normalized spacial score (nSPS) is 40.7. The first-order chi connectivity index (χ1) is 14.6. The third kappa shape index (κ3) is 3.55. The Labute approximate surface area is 183 Å². The molecule has 1 unspecified atom stereocenters. The lowest BCUT2D eigenvalue weighted by molar-refractivity contribution is -0.148. The maximum Gasteiger partial charge on any atom is 0.253 e. The van der Waals surface area contributed by atoms with E-state index >= 15 is 0 Å². The van der Waals surface area contributed by atoms with Crippen molar-refractivity contribution in [3.63, 3.8) is 0 Å². The van der Waals surface area contributed by atoms with Gasteiger partial charge < -0.3 is 20.3 Å². The molecule has 3 N–H and O–H groups in total. The third-order valence-electron chi connectivity index (χ3n) is 7.82. The van der Waals surface area contributed by atoms with Gasteiger partial charge in [0, 0.05) is 23.8 Å². The molecule has 9 atom stereocenters. The molecule has 6 nitrogen and oxygen atoms in total. The molecule has 1 aromatic rings. The number of epoxide rings is 1. The molecule has 1 aliphatic carbocycles. The van der Waals surface area contributed by atoms with E-state index in [1.165, 1.54) is 6.92 Å². The number of allylic oxidation sites excluding steroid dienone is 1. The molecular weight excluding hydrogens is 394 g/mol. The van der Waals surface area contributed by atoms with Crippen molar-refractivity contribution in [2.45, 2.75) is 70.0 Å². The molecule has 0 spiro atoms. The van der Waals surface area contributed by atoms with E-state index in [0.29, 0.717) is 12.8 Å². The lowest BCUT2D eigenvalue weighted by Crippen LogP contribution is -2.59. The lowest BCUT2D eigenvalue weighted by Gasteiger charge is -2.43. The standard InChI is InChI=1S/C25H33NO5/c1-14(21(28)16(3)27)9-8-12-18-22-24(4,31-22)15(2)20-19(26-23(29)25(18,20)30)13-17-10-6-5-7-11-17/h5-8,10-12,14-16,18-20,22,27,30H,9,13H2,1-4H3,(H,26,29)/b12-8+/t14-,15-,16-,18?,19-,20-,22-,24+,25+/m0/s1. The second-order valence-electron chi connectivity index (χ2n) is 9.80. The first-order valence-electron chi connectivity index (χ1n) is 11.2. The molecule has 168 valence electrons. The van der Waals surface area contributed by atoms with E-state index in [4.69, 9.17) is 4.74 Å². The summed E-state index contributed by atoms with van der Waals surface area (Å²) in [5.74, 6) is -1.64. The number of hydrogen-bond acceptors (Lipinski definition) is 5. The summed E-state index contributed by atoms with van der Waals surface area (Å²) >= 11 is 0. The third-order valence-corrected chi connectivity index (χ3v) is 7.82. The van der Waals surface area contributed by atoms with Crippen LogP contribution in [-0.4, -0.2) is 51.4 Å². The van der Waals surface area contributed by atoms with Crippen LogP contribution in [0.1, 0.15) is 39.7 Å². The monoisotopic (exact) mass is 427 g/mol. The van der Waals surface area contributed by atoms with Gasteiger partial charge in [0.1, 0.15) is 6.10 Å². The van der Waals surface area contributed by atoms with Crippen LogP contribution in [0.5, 0.6) is 0 Å². The van der Waals surface area contributed by atoms with Gasteiger partial charge in [0.05, 0.1) is 11.7 Å². The Morgan fingerprint density at radius 1 is 1.29 bits per heavy atom. The molecule has 2 heterocycles. The molecule has 1 saturated carbocycles. The van der Waals surface area contributed by atoms with Crippen molar-refractivity contribution in [3.8, 4) is 0 Å². The minimum absolute atomic E-state index is 0.00977. The maximum atomic E-state index is 13.1. The van der Waals surface area contributed by atoms with Crippen LogP contribution in [0.2, 0.25) is 0 Å². The summed E-state index contributed by atoms with van der Waals surface area (Å²) in [7, 11) is 0. The average Bonchev–Trinajstić information content (AvgIpc) is 3.36. The number of carbonyl (C=O) groups excluding carboxylic acids is 2. The summed E-state index contributed by atoms with van der Waals surface area (Å²) < 4.78 is 6.08. The van der Waals surface area contributed by atoms with Crippen LogP contribution in [0.15, 0.2) is 42.5 Å². The van der Waals surface area contributed by atoms with Gasteiger partial charge in [-0.05, 0) is 38.2 Å². The highest BCUT2D eigenvalue weighted by molar-refractivity contribution is 5.90. The largest absolute Gasteiger partial charge is 0.386 e. The summed E-state index contributed by atoms with van der Waals surface area (Å²) in [6.07, 6.45) is 3.56. The number of ketones is 1. The minimum atomic E-state index is -1.55. The highest BCUT2D eigenvalue weighted by Crippen LogP contribution is 2.62. The van der Waals surface area contributed by atoms with E-state index in [1.54, 1.807) is 6.92 Å². The predicted octanol–water partition coefficient (Wildman–Crippen LogP) is 2.03. The number of Topliss-reactive ketones (excluding diaryl/α,β-unsaturated/α-hetero) is 1. The minimum Gasteiger partial charge on any atom is -0.386 e. The van der Waals surface area contributed by atoms with Crippen molar-refractivity contribution in [1.82, 2.24) is 5.32 Å². The summed E-state index contributed by atoms with van der Waals surface area (Å²) in [5.41, 5.74) is -0.812. The molecule has 2 saturated heterocycles. The van der Waals surface area contributed by atoms with Crippen molar-refractivity contribution in [2.75, 3.05) is 0 Å². The van der Waals surface area contributed by atoms with E-state index in [2.05, 4.69) is 19.2 Å². The molecule has 4 rings (SSSR count). The molecular formula is C25H33NO5. The Kier molecular flexibility index (Phi) is 5.61. The summed E-state index contributed by atoms with van der Waals surface area (Å²) in [6.45, 7) is 7.37. The molecule has 6 heteroatoms. The van der Waals surface area contributed by atoms with Crippen molar-refractivity contribution in [3.05, 3.63) is 48.0 Å². The van der Waals surface area contributed by atoms with E-state index in [0.717, 1.165) is 5.56 Å². The summed E-state index contributed by atoms with van der Waals surface area (Å²) in [6, 6.07) is 9.81. The van der Waals surface area contributed by atoms with E-state index in [9.17, 15) is 19.8 Å². The van der Waals surface area contributed by atoms with Crippen LogP contribution in [0.25, 0.3) is 0 Å². The topological polar surface area (TPSA) is 99.2 Å². The molecule has 0 aromatic heterocycles. The van der Waals surface area contributed by atoms with Gasteiger partial charge in [-0.2, -0.15) is 0 Å². The highest BCUT2D eigenvalue weighted by atomic mass is 16.6. The molecule has 31 heavy (non-hydrogen) atoms. The van der Waals surface area contributed by atoms with Gasteiger partial charge >= 0.3 is 0 Å². The Morgan fingerprint density at radius 2 is 1.97 bits per heavy atom. The number of aliphatic hydroxyl groups is 2. The molecule has 1 amide bonds. The van der Waals surface area contributed by atoms with Crippen LogP contribution in [0.4, 0.5) is 0 Å². The van der Waals surface area contributed by atoms with Crippen molar-refractivity contribution in [2.24, 2.45) is 23.7 Å². The zero-order valence-electron chi connectivity index (χ0n) is 18.6. The van der Waals surface area contributed by atoms with Gasteiger partial charge in [0.2, 0.25) is 0 Å². The molecule has 3 aliphatic rings. The zero-order valence-corrected chi connectivity index (χ0v) is 18.6. The SMILES string of the molecule is C[C@H](O)C(=O)[C@@H](C)C/C=C/C1[C@@H]2O[C@]2(C)[C@@H](C)[C@H]2[C@H](Cc3ccccc3)NC(=O)[C@@]12O. The summed E-state index contributed by atoms with van der Waals surface area (Å²) in [4.78, 5) is 25.1. The highest BCUT2D eigenvalue weighted by Gasteiger charge is 2.76. The van der Waals surface area contributed by atoms with Crippen LogP contribution in [0, 0.1) is 23.7 Å². The number of rotatable bonds is 7. The Hall–Kier alpha value is -2.02. The molecule has 1 aromatic carbocycles. The van der Waals surface area contributed by atoms with Crippen LogP contribution < -0.4 is 5.32 Å². The quantitative estimate of drug-likeness (QED) is 0.457. The van der Waals surface area contributed by atoms with Gasteiger partial charge in [-0.1, -0.05) is 56.3 Å². The van der Waals surface area contributed by atoms with Crippen molar-refractivity contribution < 1.29 is 24.5 Å². The lowest BCUT2D eigenvalue weighted by atomic mass is 9.59. The number of amides is 1. The Balaban J connectivity index is 1.59. The van der Waals surface area contributed by atoms with Gasteiger partial charge in [-0.3, -0.25) is 9.59 Å². The van der Waals surface area contributed by atoms with Crippen LogP contribution in [-0.2, 0) is 20.7 Å². The number of ether oxygens (including phenoxy) is 1. The number of carbonyl (C=O) groups is 2. The molecule has 0 radical (unpaired) electrons. The van der Waals surface area contributed by atoms with Gasteiger partial charge in [0.15, 0.2) is 11.4 Å². The fraction of sp³-hybridized carbons (Fsp3) is 0.600. The number of hydrogen-bond donors (Lipinski definition) is 3. The maximum absolute atomic E-state index is 13.1. The average molecular weight is 428 g/mol. The van der Waals surface area contributed by atoms with Gasteiger partial charge in [-0.15, -0.1) is 0 Å². The molecule has 2 aliphatic heterocycles. The molecule has 0 bridgehead atoms. The Morgan fingerprint density at radius 3 is 2.61 bits per heavy atom. The van der Waals surface area contributed by atoms with E-state index in [-0.39, 0.29) is 47.2 Å². The Bertz CT molecular complexity index is 883. The van der Waals surface area contributed by atoms with Crippen molar-refractivity contribution in [1.29, 1.82) is 0 Å². The number of benzene rings is 1. The smallest absolute Gasteiger partial charge is 0.253 e. The fourth-order valence-electron chi connectivity index (χ4n) is 5.81. The number of aliphatic hydroxyl groups excluding tert-OH is 1. The molecule has 3 fully saturated rings. The van der Waals surface area contributed by atoms with Crippen molar-refractivity contribution >= 4 is 11.7 Å². The van der Waals surface area contributed by atoms with Gasteiger partial charge in [0.25, 0.3) is 5.91 Å². The number of fused-ring (bicyclic) bond motifs is 2. The zero-order chi connectivity index (χ0) is 22.6. The first-order valence-corrected chi connectivity index (χ1v) is 11.2. The second kappa shape index (κ2) is 7.84.